The van der Waals surface area contributed by atoms with E-state index >= 15 is 0 Å². The molecule has 1 aromatic carbocycles. The minimum absolute atomic E-state index is 0. The van der Waals surface area contributed by atoms with Gasteiger partial charge in [-0.05, 0) is 0 Å². The third kappa shape index (κ3) is 11.6. The Balaban J connectivity index is 0. The predicted octanol–water partition coefficient (Wildman–Crippen LogP) is -2.53. The summed E-state index contributed by atoms with van der Waals surface area (Å²) in [4.78, 5) is 9.64. The molecule has 0 saturated carbocycles. The van der Waals surface area contributed by atoms with E-state index in [4.69, 9.17) is 4.79 Å². The van der Waals surface area contributed by atoms with Crippen LogP contribution in [0, 0.1) is 0 Å². The zero-order valence-electron chi connectivity index (χ0n) is 4.56. The molecule has 0 atom stereocenters. The van der Waals surface area contributed by atoms with E-state index < -0.39 is 0 Å². The first-order chi connectivity index (χ1) is 3.91. The van der Waals surface area contributed by atoms with Crippen molar-refractivity contribution in [3.63, 3.8) is 0 Å². The van der Waals surface area contributed by atoms with Crippen LogP contribution in [0.1, 0.15) is 0 Å². The molecule has 0 amide bonds. The molecular weight excluding hydrogens is 274 g/mol. The number of hydrogen-bond acceptors (Lipinski definition) is 1. The average Bonchev–Trinajstić information content (AvgIpc) is 2.17. The molecule has 3 heteroatoms. The number of rotatable bonds is 0. The molecule has 1 aromatic rings. The molecule has 0 unspecified atom stereocenters. The predicted molar refractivity (Wildman–Crippen MR) is 30.5 cm³/mol. The van der Waals surface area contributed by atoms with Gasteiger partial charge in [-0.3, -0.25) is 0 Å². The summed E-state index contributed by atoms with van der Waals surface area (Å²) >= 11 is 3.36. The van der Waals surface area contributed by atoms with Gasteiger partial charge in [0.1, 0.15) is 0 Å². The summed E-state index contributed by atoms with van der Waals surface area (Å²) in [6.07, 6.45) is 0. The SMILES string of the molecule is O=[C]=[Ni].[IH2+].c1cc[cH-]c1. The van der Waals surface area contributed by atoms with E-state index in [1.807, 2.05) is 30.3 Å². The van der Waals surface area contributed by atoms with Crippen molar-refractivity contribution < 1.29 is 43.8 Å². The van der Waals surface area contributed by atoms with Crippen molar-refractivity contribution in [2.75, 3.05) is 0 Å². The third-order valence-electron chi connectivity index (χ3n) is 0.556. The molecule has 0 radical (unpaired) electrons. The van der Waals surface area contributed by atoms with E-state index in [9.17, 15) is 0 Å². The van der Waals surface area contributed by atoms with Crippen LogP contribution >= 0.6 is 0 Å². The Kier molecular flexibility index (Phi) is 14.6. The summed E-state index contributed by atoms with van der Waals surface area (Å²) < 4.78 is 0. The van der Waals surface area contributed by atoms with E-state index in [0.29, 0.717) is 0 Å². The Morgan fingerprint density at radius 2 is 1.67 bits per heavy atom. The first-order valence-corrected chi connectivity index (χ1v) is 2.52. The van der Waals surface area contributed by atoms with E-state index in [1.165, 1.54) is 0 Å². The number of halogens is 1. The van der Waals surface area contributed by atoms with Gasteiger partial charge < -0.3 is 0 Å². The zero-order valence-corrected chi connectivity index (χ0v) is 8.10. The van der Waals surface area contributed by atoms with Crippen molar-refractivity contribution in [2.24, 2.45) is 0 Å². The van der Waals surface area contributed by atoms with Crippen LogP contribution in [0.2, 0.25) is 0 Å². The van der Waals surface area contributed by atoms with Gasteiger partial charge in [-0.2, -0.15) is 18.2 Å². The van der Waals surface area contributed by atoms with Gasteiger partial charge in [0, 0.05) is 0 Å². The van der Waals surface area contributed by atoms with E-state index in [-0.39, 0.29) is 24.0 Å². The van der Waals surface area contributed by atoms with Crippen molar-refractivity contribution in [1.82, 2.24) is 0 Å². The molecular formula is C6H7INiO. The minimum Gasteiger partial charge on any atom is -0.214 e. The monoisotopic (exact) mass is 280 g/mol. The molecule has 0 aromatic heterocycles. The molecule has 54 valence electrons. The molecule has 1 nitrogen and oxygen atoms in total. The second kappa shape index (κ2) is 11.0. The molecule has 0 aliphatic rings. The first kappa shape index (κ1) is 11.9. The smallest absolute Gasteiger partial charge is 0.214 e. The van der Waals surface area contributed by atoms with E-state index in [2.05, 4.69) is 15.0 Å². The maximum Gasteiger partial charge on any atom is 0.235 e. The fraction of sp³-hybridized carbons (Fsp3) is 0. The topological polar surface area (TPSA) is 17.1 Å². The van der Waals surface area contributed by atoms with Gasteiger partial charge in [-0.15, -0.1) is 0 Å². The van der Waals surface area contributed by atoms with Crippen molar-refractivity contribution in [2.45, 2.75) is 0 Å². The largest absolute Gasteiger partial charge is 0.235 e. The summed E-state index contributed by atoms with van der Waals surface area (Å²) in [6.45, 7) is 0. The van der Waals surface area contributed by atoms with Gasteiger partial charge in [-0.1, -0.05) is 0 Å². The van der Waals surface area contributed by atoms with Crippen LogP contribution in [0.25, 0.3) is 0 Å². The van der Waals surface area contributed by atoms with Gasteiger partial charge >= 0.3 is 24.7 Å². The number of carbonyl (C=O) groups excluding carboxylic acids is 1. The van der Waals surface area contributed by atoms with Gasteiger partial charge in [0.25, 0.3) is 0 Å². The summed E-state index contributed by atoms with van der Waals surface area (Å²) in [5.74, 6) is 0. The molecule has 0 fully saturated rings. The molecule has 9 heavy (non-hydrogen) atoms. The Bertz CT molecular complexity index is 125. The molecule has 0 saturated heterocycles. The molecule has 0 aliphatic carbocycles. The quantitative estimate of drug-likeness (QED) is 0.291. The van der Waals surface area contributed by atoms with Crippen molar-refractivity contribution in [1.29, 1.82) is 0 Å². The normalized spacial score (nSPS) is 5.56. The van der Waals surface area contributed by atoms with Crippen LogP contribution in [0.4, 0.5) is 0 Å². The maximum absolute atomic E-state index is 8.51. The second-order valence-corrected chi connectivity index (χ2v) is 1.23. The van der Waals surface area contributed by atoms with Crippen molar-refractivity contribution in [3.05, 3.63) is 30.3 Å². The maximum atomic E-state index is 8.51. The van der Waals surface area contributed by atoms with Crippen LogP contribution < -0.4 is 24.0 Å². The van der Waals surface area contributed by atoms with Gasteiger partial charge in [0.15, 0.2) is 0 Å². The van der Waals surface area contributed by atoms with Crippen molar-refractivity contribution in [3.8, 4) is 0 Å². The summed E-state index contributed by atoms with van der Waals surface area (Å²) in [5, 5.41) is 0. The molecule has 0 spiro atoms. The summed E-state index contributed by atoms with van der Waals surface area (Å²) in [7, 11) is 0. The van der Waals surface area contributed by atoms with Gasteiger partial charge in [-0.25, -0.2) is 12.1 Å². The Hall–Kier alpha value is 0.154. The van der Waals surface area contributed by atoms with Crippen LogP contribution in [-0.4, -0.2) is 4.86 Å². The van der Waals surface area contributed by atoms with Crippen LogP contribution in [-0.2, 0) is 19.8 Å². The first-order valence-electron chi connectivity index (χ1n) is 2.03. The third-order valence-corrected chi connectivity index (χ3v) is 0.556. The average molecular weight is 281 g/mol. The Morgan fingerprint density at radius 3 is 1.78 bits per heavy atom. The number of hydrogen-bond donors (Lipinski definition) is 0. The molecule has 0 heterocycles. The Morgan fingerprint density at radius 1 is 1.33 bits per heavy atom. The summed E-state index contributed by atoms with van der Waals surface area (Å²) in [5.41, 5.74) is 0. The molecule has 1 rings (SSSR count). The molecule has 0 bridgehead atoms. The van der Waals surface area contributed by atoms with Gasteiger partial charge in [0.2, 0.25) is 24.0 Å². The Labute approximate surface area is 78.8 Å². The summed E-state index contributed by atoms with van der Waals surface area (Å²) in [6, 6.07) is 10.0. The standard InChI is InChI=1S/C5H5.CO.H2I.Ni/c1-2-4-5-3-1;1-2;;/h1-5H;;1H2;/q-1;;+1;. The van der Waals surface area contributed by atoms with Crippen LogP contribution in [0.5, 0.6) is 0 Å². The van der Waals surface area contributed by atoms with Crippen molar-refractivity contribution >= 4 is 4.86 Å². The fourth-order valence-electron chi connectivity index (χ4n) is 0.321. The fourth-order valence-corrected chi connectivity index (χ4v) is 0.321. The minimum atomic E-state index is 0. The van der Waals surface area contributed by atoms with Gasteiger partial charge in [0.05, 0.1) is 0 Å². The van der Waals surface area contributed by atoms with Crippen LogP contribution in [0.3, 0.4) is 0 Å². The molecule has 0 N–H and O–H groups in total. The van der Waals surface area contributed by atoms with E-state index in [0.717, 1.165) is 4.86 Å². The molecule has 0 aliphatic heterocycles. The van der Waals surface area contributed by atoms with Crippen LogP contribution in [0.15, 0.2) is 30.3 Å². The van der Waals surface area contributed by atoms with E-state index in [1.54, 1.807) is 0 Å². The zero-order chi connectivity index (χ0) is 6.24. The second-order valence-electron chi connectivity index (χ2n) is 1.03.